The van der Waals surface area contributed by atoms with E-state index >= 15 is 0 Å². The van der Waals surface area contributed by atoms with Gasteiger partial charge in [0.2, 0.25) is 0 Å². The summed E-state index contributed by atoms with van der Waals surface area (Å²) < 4.78 is 14.8. The average molecular weight is 635 g/mol. The van der Waals surface area contributed by atoms with Gasteiger partial charge in [0.05, 0.1) is 9.26 Å². The second-order valence-electron chi connectivity index (χ2n) is 6.77. The van der Waals surface area contributed by atoms with E-state index in [0.717, 1.165) is 56.4 Å². The number of furan rings is 2. The van der Waals surface area contributed by atoms with Crippen LogP contribution in [-0.2, 0) is 0 Å². The van der Waals surface area contributed by atoms with E-state index in [1.807, 2.05) is 54.6 Å². The summed E-state index contributed by atoms with van der Waals surface area (Å²) in [5.41, 5.74) is 10.1. The highest BCUT2D eigenvalue weighted by Gasteiger charge is 2.12. The molecule has 2 heterocycles. The zero-order valence-electron chi connectivity index (χ0n) is 15.5. The third-order valence-corrected chi connectivity index (χ3v) is 7.10. The van der Waals surface area contributed by atoms with Gasteiger partial charge in [-0.25, -0.2) is 0 Å². The standard InChI is InChI=1S/C12H6BrIO.C12H8BrNO/c2*13-8-5-6-9(14)12-11(8)7-3-1-2-4-10(7)15-12/h1-6H;1-6H,14H2. The fourth-order valence-electron chi connectivity index (χ4n) is 3.56. The molecule has 0 radical (unpaired) electrons. The van der Waals surface area contributed by atoms with Gasteiger partial charge >= 0.3 is 0 Å². The first-order valence-electron chi connectivity index (χ1n) is 9.15. The van der Waals surface area contributed by atoms with E-state index in [9.17, 15) is 0 Å². The highest BCUT2D eigenvalue weighted by molar-refractivity contribution is 14.1. The summed E-state index contributed by atoms with van der Waals surface area (Å²) in [7, 11) is 0. The fourth-order valence-corrected chi connectivity index (χ4v) is 5.18. The first kappa shape index (κ1) is 19.9. The normalized spacial score (nSPS) is 11.3. The Labute approximate surface area is 202 Å². The lowest BCUT2D eigenvalue weighted by Crippen LogP contribution is -1.84. The maximum atomic E-state index is 5.87. The van der Waals surface area contributed by atoms with Crippen molar-refractivity contribution in [3.63, 3.8) is 0 Å². The number of nitrogen functional groups attached to an aromatic ring is 1. The molecule has 2 aromatic heterocycles. The van der Waals surface area contributed by atoms with Crippen LogP contribution < -0.4 is 5.73 Å². The van der Waals surface area contributed by atoms with Crippen molar-refractivity contribution in [3.05, 3.63) is 85.3 Å². The number of para-hydroxylation sites is 2. The number of anilines is 1. The van der Waals surface area contributed by atoms with Gasteiger partial charge in [0, 0.05) is 30.5 Å². The first-order valence-corrected chi connectivity index (χ1v) is 11.8. The number of nitrogens with two attached hydrogens (primary N) is 1. The van der Waals surface area contributed by atoms with Crippen molar-refractivity contribution in [2.24, 2.45) is 0 Å². The van der Waals surface area contributed by atoms with Crippen LogP contribution in [0.15, 0.2) is 90.6 Å². The van der Waals surface area contributed by atoms with Gasteiger partial charge in [-0.3, -0.25) is 0 Å². The molecule has 6 rings (SSSR count). The van der Waals surface area contributed by atoms with Crippen LogP contribution in [0.3, 0.4) is 0 Å². The second-order valence-corrected chi connectivity index (χ2v) is 9.64. The van der Waals surface area contributed by atoms with E-state index in [-0.39, 0.29) is 0 Å². The zero-order chi connectivity index (χ0) is 20.8. The second kappa shape index (κ2) is 7.90. The van der Waals surface area contributed by atoms with Crippen molar-refractivity contribution >= 4 is 104 Å². The summed E-state index contributed by atoms with van der Waals surface area (Å²) in [5, 5.41) is 4.47. The Morgan fingerprint density at radius 3 is 1.77 bits per heavy atom. The van der Waals surface area contributed by atoms with Crippen molar-refractivity contribution in [3.8, 4) is 0 Å². The van der Waals surface area contributed by atoms with Crippen LogP contribution in [0, 0.1) is 3.57 Å². The van der Waals surface area contributed by atoms with Crippen LogP contribution in [0.5, 0.6) is 0 Å². The molecule has 0 atom stereocenters. The van der Waals surface area contributed by atoms with Crippen LogP contribution in [0.25, 0.3) is 43.9 Å². The van der Waals surface area contributed by atoms with Gasteiger partial charge < -0.3 is 14.6 Å². The highest BCUT2D eigenvalue weighted by Crippen LogP contribution is 2.37. The predicted molar refractivity (Wildman–Crippen MR) is 140 cm³/mol. The van der Waals surface area contributed by atoms with Gasteiger partial charge in [0.1, 0.15) is 16.7 Å². The molecule has 0 saturated heterocycles. The summed E-state index contributed by atoms with van der Waals surface area (Å²) in [6.07, 6.45) is 0. The Balaban J connectivity index is 0.000000128. The number of rotatable bonds is 0. The molecule has 3 nitrogen and oxygen atoms in total. The maximum Gasteiger partial charge on any atom is 0.159 e. The summed E-state index contributed by atoms with van der Waals surface area (Å²) in [4.78, 5) is 0. The van der Waals surface area contributed by atoms with Crippen molar-refractivity contribution in [2.45, 2.75) is 0 Å². The van der Waals surface area contributed by atoms with Crippen molar-refractivity contribution in [2.75, 3.05) is 5.73 Å². The van der Waals surface area contributed by atoms with E-state index in [1.165, 1.54) is 0 Å². The quantitative estimate of drug-likeness (QED) is 0.134. The molecule has 0 aliphatic carbocycles. The molecule has 148 valence electrons. The van der Waals surface area contributed by atoms with Crippen LogP contribution >= 0.6 is 54.5 Å². The van der Waals surface area contributed by atoms with Gasteiger partial charge in [-0.2, -0.15) is 0 Å². The SMILES string of the molecule is Brc1ccc(I)c2oc3ccccc3c12.Nc1ccc(Br)c2c1oc1ccccc12. The van der Waals surface area contributed by atoms with Crippen molar-refractivity contribution in [1.82, 2.24) is 0 Å². The molecular formula is C24H14Br2INO2. The highest BCUT2D eigenvalue weighted by atomic mass is 127. The van der Waals surface area contributed by atoms with Crippen LogP contribution in [-0.4, -0.2) is 0 Å². The molecule has 4 aromatic carbocycles. The Bertz CT molecular complexity index is 1430. The summed E-state index contributed by atoms with van der Waals surface area (Å²) in [6.45, 7) is 0. The van der Waals surface area contributed by atoms with E-state index in [1.54, 1.807) is 0 Å². The molecular weight excluding hydrogens is 621 g/mol. The molecule has 0 aliphatic heterocycles. The number of hydrogen-bond donors (Lipinski definition) is 1. The molecule has 30 heavy (non-hydrogen) atoms. The Morgan fingerprint density at radius 1 is 0.633 bits per heavy atom. The molecule has 0 bridgehead atoms. The number of hydrogen-bond acceptors (Lipinski definition) is 3. The molecule has 6 heteroatoms. The third-order valence-electron chi connectivity index (χ3n) is 4.93. The van der Waals surface area contributed by atoms with Crippen LogP contribution in [0.1, 0.15) is 0 Å². The molecule has 0 fully saturated rings. The van der Waals surface area contributed by atoms with Gasteiger partial charge in [0.15, 0.2) is 5.58 Å². The molecule has 0 unspecified atom stereocenters. The fraction of sp³-hybridized carbons (Fsp3) is 0. The summed E-state index contributed by atoms with van der Waals surface area (Å²) in [6, 6.07) is 23.9. The smallest absolute Gasteiger partial charge is 0.159 e. The molecule has 0 spiro atoms. The summed E-state index contributed by atoms with van der Waals surface area (Å²) in [5.74, 6) is 0. The van der Waals surface area contributed by atoms with E-state index in [0.29, 0.717) is 5.69 Å². The monoisotopic (exact) mass is 633 g/mol. The summed E-state index contributed by atoms with van der Waals surface area (Å²) >= 11 is 9.38. The topological polar surface area (TPSA) is 52.3 Å². The lowest BCUT2D eigenvalue weighted by molar-refractivity contribution is 0.666. The minimum atomic E-state index is 0.671. The number of benzene rings is 4. The number of halogens is 3. The van der Waals surface area contributed by atoms with Gasteiger partial charge in [-0.05, 0) is 59.0 Å². The van der Waals surface area contributed by atoms with Gasteiger partial charge in [-0.1, -0.05) is 68.3 Å². The maximum absolute atomic E-state index is 5.87. The molecule has 0 aliphatic rings. The minimum absolute atomic E-state index is 0.671. The predicted octanol–water partition coefficient (Wildman–Crippen LogP) is 8.88. The Morgan fingerprint density at radius 2 is 1.13 bits per heavy atom. The van der Waals surface area contributed by atoms with Gasteiger partial charge in [-0.15, -0.1) is 0 Å². The third kappa shape index (κ3) is 3.31. The Kier molecular flexibility index (Phi) is 5.24. The average Bonchev–Trinajstić information content (AvgIpc) is 3.34. The Hall–Kier alpha value is -2.03. The van der Waals surface area contributed by atoms with Crippen molar-refractivity contribution < 1.29 is 8.83 Å². The lowest BCUT2D eigenvalue weighted by atomic mass is 10.1. The molecule has 6 aromatic rings. The molecule has 2 N–H and O–H groups in total. The molecule has 0 saturated carbocycles. The van der Waals surface area contributed by atoms with E-state index in [4.69, 9.17) is 14.6 Å². The van der Waals surface area contributed by atoms with E-state index < -0.39 is 0 Å². The minimum Gasteiger partial charge on any atom is -0.455 e. The van der Waals surface area contributed by atoms with Crippen molar-refractivity contribution in [1.29, 1.82) is 0 Å². The lowest BCUT2D eigenvalue weighted by Gasteiger charge is -1.96. The largest absolute Gasteiger partial charge is 0.455 e. The zero-order valence-corrected chi connectivity index (χ0v) is 20.8. The van der Waals surface area contributed by atoms with Crippen LogP contribution in [0.2, 0.25) is 0 Å². The van der Waals surface area contributed by atoms with Gasteiger partial charge in [0.25, 0.3) is 0 Å². The first-order chi connectivity index (χ1) is 14.5. The molecule has 0 amide bonds. The number of fused-ring (bicyclic) bond motifs is 6. The van der Waals surface area contributed by atoms with E-state index in [2.05, 4.69) is 72.6 Å². The van der Waals surface area contributed by atoms with Crippen LogP contribution in [0.4, 0.5) is 5.69 Å².